The molecular weight excluding hydrogens is 458 g/mol. The number of aromatic nitrogens is 5. The summed E-state index contributed by atoms with van der Waals surface area (Å²) in [7, 11) is 0. The van der Waals surface area contributed by atoms with Gasteiger partial charge in [0.15, 0.2) is 11.5 Å². The van der Waals surface area contributed by atoms with E-state index in [4.69, 9.17) is 9.47 Å². The summed E-state index contributed by atoms with van der Waals surface area (Å²) in [5.74, 6) is 1.77. The number of rotatable bonds is 8. The van der Waals surface area contributed by atoms with Gasteiger partial charge in [-0.2, -0.15) is 4.68 Å². The van der Waals surface area contributed by atoms with Crippen LogP contribution in [0.5, 0.6) is 11.5 Å². The molecule has 0 aliphatic carbocycles. The van der Waals surface area contributed by atoms with Gasteiger partial charge >= 0.3 is 0 Å². The van der Waals surface area contributed by atoms with E-state index in [1.54, 1.807) is 35.3 Å². The van der Waals surface area contributed by atoms with Gasteiger partial charge in [0.2, 0.25) is 5.95 Å². The highest BCUT2D eigenvalue weighted by Crippen LogP contribution is 2.30. The predicted octanol–water partition coefficient (Wildman–Crippen LogP) is 3.00. The topological polar surface area (TPSA) is 98.5 Å². The first-order valence-corrected chi connectivity index (χ1v) is 11.9. The standard InChI is InChI=1S/C26H27N7O3/c1-2-35-24-17-21(10-11-23(24)36-19-20-7-6-12-27-18-20)25(34)31-13-15-32(16-14-31)26-28-29-30-33(26)22-8-4-3-5-9-22/h3-12,17-18H,2,13-16,19H2,1H3. The minimum Gasteiger partial charge on any atom is -0.490 e. The van der Waals surface area contributed by atoms with Crippen LogP contribution in [0.1, 0.15) is 22.8 Å². The summed E-state index contributed by atoms with van der Waals surface area (Å²) >= 11 is 0. The highest BCUT2D eigenvalue weighted by atomic mass is 16.5. The summed E-state index contributed by atoms with van der Waals surface area (Å²) in [5.41, 5.74) is 2.41. The molecule has 1 aliphatic rings. The smallest absolute Gasteiger partial charge is 0.254 e. The molecule has 0 bridgehead atoms. The lowest BCUT2D eigenvalue weighted by molar-refractivity contribution is 0.0745. The van der Waals surface area contributed by atoms with Crippen molar-refractivity contribution in [2.24, 2.45) is 0 Å². The third kappa shape index (κ3) is 5.12. The number of nitrogens with zero attached hydrogens (tertiary/aromatic N) is 7. The van der Waals surface area contributed by atoms with E-state index < -0.39 is 0 Å². The number of anilines is 1. The number of tetrazole rings is 1. The van der Waals surface area contributed by atoms with Crippen LogP contribution >= 0.6 is 0 Å². The van der Waals surface area contributed by atoms with Gasteiger partial charge in [-0.05, 0) is 53.7 Å². The van der Waals surface area contributed by atoms with Crippen LogP contribution in [-0.2, 0) is 6.61 Å². The molecular formula is C26H27N7O3. The van der Waals surface area contributed by atoms with Gasteiger partial charge in [-0.15, -0.1) is 0 Å². The van der Waals surface area contributed by atoms with Crippen LogP contribution in [0.4, 0.5) is 5.95 Å². The molecule has 1 saturated heterocycles. The summed E-state index contributed by atoms with van der Waals surface area (Å²) in [6, 6.07) is 18.9. The summed E-state index contributed by atoms with van der Waals surface area (Å²) in [6.07, 6.45) is 3.48. The lowest BCUT2D eigenvalue weighted by atomic mass is 10.1. The molecule has 0 unspecified atom stereocenters. The Balaban J connectivity index is 1.24. The van der Waals surface area contributed by atoms with Gasteiger partial charge in [0, 0.05) is 49.7 Å². The van der Waals surface area contributed by atoms with Crippen molar-refractivity contribution in [2.45, 2.75) is 13.5 Å². The number of benzene rings is 2. The largest absolute Gasteiger partial charge is 0.490 e. The predicted molar refractivity (Wildman–Crippen MR) is 133 cm³/mol. The van der Waals surface area contributed by atoms with Crippen LogP contribution in [0.2, 0.25) is 0 Å². The van der Waals surface area contributed by atoms with Gasteiger partial charge in [0.05, 0.1) is 12.3 Å². The molecule has 4 aromatic rings. The Labute approximate surface area is 209 Å². The van der Waals surface area contributed by atoms with Crippen molar-refractivity contribution in [3.05, 3.63) is 84.2 Å². The summed E-state index contributed by atoms with van der Waals surface area (Å²) < 4.78 is 13.4. The number of piperazine rings is 1. The van der Waals surface area contributed by atoms with E-state index in [2.05, 4.69) is 25.4 Å². The zero-order valence-corrected chi connectivity index (χ0v) is 20.0. The monoisotopic (exact) mass is 485 g/mol. The number of para-hydroxylation sites is 1. The third-order valence-corrected chi connectivity index (χ3v) is 5.91. The van der Waals surface area contributed by atoms with E-state index in [9.17, 15) is 4.79 Å². The molecule has 3 heterocycles. The fourth-order valence-corrected chi connectivity index (χ4v) is 4.08. The number of hydrogen-bond acceptors (Lipinski definition) is 8. The van der Waals surface area contributed by atoms with Gasteiger partial charge in [0.1, 0.15) is 6.61 Å². The molecule has 0 radical (unpaired) electrons. The molecule has 0 N–H and O–H groups in total. The molecule has 36 heavy (non-hydrogen) atoms. The number of amides is 1. The fourth-order valence-electron chi connectivity index (χ4n) is 4.08. The fraction of sp³-hybridized carbons (Fsp3) is 0.269. The first-order valence-electron chi connectivity index (χ1n) is 11.9. The summed E-state index contributed by atoms with van der Waals surface area (Å²) in [4.78, 5) is 21.3. The maximum absolute atomic E-state index is 13.3. The first-order chi connectivity index (χ1) is 17.7. The molecule has 0 atom stereocenters. The van der Waals surface area contributed by atoms with E-state index in [-0.39, 0.29) is 5.91 Å². The molecule has 1 fully saturated rings. The van der Waals surface area contributed by atoms with Crippen LogP contribution in [0.15, 0.2) is 73.1 Å². The Kier molecular flexibility index (Phi) is 7.02. The quantitative estimate of drug-likeness (QED) is 0.376. The van der Waals surface area contributed by atoms with Gasteiger partial charge in [-0.1, -0.05) is 29.4 Å². The molecule has 10 heteroatoms. The molecule has 1 aliphatic heterocycles. The zero-order chi connectivity index (χ0) is 24.7. The first kappa shape index (κ1) is 23.3. The minimum atomic E-state index is -0.0444. The zero-order valence-electron chi connectivity index (χ0n) is 20.0. The average molecular weight is 486 g/mol. The third-order valence-electron chi connectivity index (χ3n) is 5.91. The number of carbonyl (C=O) groups excluding carboxylic acids is 1. The van der Waals surface area contributed by atoms with E-state index >= 15 is 0 Å². The van der Waals surface area contributed by atoms with E-state index in [1.165, 1.54) is 0 Å². The van der Waals surface area contributed by atoms with Crippen molar-refractivity contribution in [1.82, 2.24) is 30.1 Å². The second-order valence-corrected chi connectivity index (χ2v) is 8.25. The second kappa shape index (κ2) is 10.9. The Morgan fingerprint density at radius 1 is 0.944 bits per heavy atom. The number of hydrogen-bond donors (Lipinski definition) is 0. The molecule has 5 rings (SSSR count). The Morgan fingerprint density at radius 3 is 2.53 bits per heavy atom. The van der Waals surface area contributed by atoms with Gasteiger partial charge < -0.3 is 19.3 Å². The number of ether oxygens (including phenoxy) is 2. The number of pyridine rings is 1. The van der Waals surface area contributed by atoms with Crippen molar-refractivity contribution in [3.8, 4) is 17.2 Å². The van der Waals surface area contributed by atoms with E-state index in [0.717, 1.165) is 11.3 Å². The minimum absolute atomic E-state index is 0.0444. The Hall–Kier alpha value is -4.47. The Morgan fingerprint density at radius 2 is 1.78 bits per heavy atom. The van der Waals surface area contributed by atoms with Gasteiger partial charge in [-0.3, -0.25) is 9.78 Å². The van der Waals surface area contributed by atoms with Crippen LogP contribution < -0.4 is 14.4 Å². The van der Waals surface area contributed by atoms with E-state index in [1.807, 2.05) is 54.3 Å². The van der Waals surface area contributed by atoms with Gasteiger partial charge in [-0.25, -0.2) is 0 Å². The van der Waals surface area contributed by atoms with Crippen LogP contribution in [0, 0.1) is 0 Å². The molecule has 0 saturated carbocycles. The van der Waals surface area contributed by atoms with Crippen molar-refractivity contribution in [3.63, 3.8) is 0 Å². The molecule has 2 aromatic heterocycles. The van der Waals surface area contributed by atoms with Crippen LogP contribution in [0.3, 0.4) is 0 Å². The maximum Gasteiger partial charge on any atom is 0.254 e. The average Bonchev–Trinajstić information content (AvgIpc) is 3.43. The molecule has 2 aromatic carbocycles. The highest BCUT2D eigenvalue weighted by Gasteiger charge is 2.26. The molecule has 184 valence electrons. The summed E-state index contributed by atoms with van der Waals surface area (Å²) in [5, 5.41) is 12.2. The molecule has 1 amide bonds. The van der Waals surface area contributed by atoms with Crippen molar-refractivity contribution >= 4 is 11.9 Å². The maximum atomic E-state index is 13.3. The lowest BCUT2D eigenvalue weighted by Gasteiger charge is -2.34. The normalized spacial score (nSPS) is 13.5. The Bertz CT molecular complexity index is 1290. The van der Waals surface area contributed by atoms with Crippen molar-refractivity contribution in [1.29, 1.82) is 0 Å². The molecule has 10 nitrogen and oxygen atoms in total. The lowest BCUT2D eigenvalue weighted by Crippen LogP contribution is -2.49. The van der Waals surface area contributed by atoms with Crippen molar-refractivity contribution < 1.29 is 14.3 Å². The van der Waals surface area contributed by atoms with Crippen molar-refractivity contribution in [2.75, 3.05) is 37.7 Å². The second-order valence-electron chi connectivity index (χ2n) is 8.25. The summed E-state index contributed by atoms with van der Waals surface area (Å²) in [6.45, 7) is 5.11. The SMILES string of the molecule is CCOc1cc(C(=O)N2CCN(c3nnnn3-c3ccccc3)CC2)ccc1OCc1cccnc1. The molecule has 0 spiro atoms. The number of carbonyl (C=O) groups is 1. The van der Waals surface area contributed by atoms with Crippen LogP contribution in [-0.4, -0.2) is 68.8 Å². The van der Waals surface area contributed by atoms with Gasteiger partial charge in [0.25, 0.3) is 5.91 Å². The highest BCUT2D eigenvalue weighted by molar-refractivity contribution is 5.95. The van der Waals surface area contributed by atoms with Crippen LogP contribution in [0.25, 0.3) is 5.69 Å². The van der Waals surface area contributed by atoms with E-state index in [0.29, 0.717) is 62.4 Å².